The van der Waals surface area contributed by atoms with Gasteiger partial charge in [-0.15, -0.1) is 0 Å². The Balaban J connectivity index is 2.02. The molecule has 1 aromatic heterocycles. The highest BCUT2D eigenvalue weighted by molar-refractivity contribution is 7.89. The van der Waals surface area contributed by atoms with E-state index < -0.39 is 15.8 Å². The number of rotatable bonds is 3. The van der Waals surface area contributed by atoms with Gasteiger partial charge in [-0.3, -0.25) is 4.57 Å². The molecule has 1 aromatic carbocycles. The molecule has 0 spiro atoms. The zero-order valence-electron chi connectivity index (χ0n) is 10.2. The van der Waals surface area contributed by atoms with Crippen LogP contribution in [0.2, 0.25) is 0 Å². The van der Waals surface area contributed by atoms with Gasteiger partial charge in [-0.2, -0.15) is 0 Å². The monoisotopic (exact) mass is 283 g/mol. The van der Waals surface area contributed by atoms with E-state index in [1.807, 2.05) is 0 Å². The number of sulfonamides is 1. The lowest BCUT2D eigenvalue weighted by Crippen LogP contribution is -2.56. The summed E-state index contributed by atoms with van der Waals surface area (Å²) in [6.45, 7) is 1.25. The maximum Gasteiger partial charge on any atom is 0.419 e. The molecule has 0 saturated carbocycles. The second-order valence-corrected chi connectivity index (χ2v) is 6.25. The lowest BCUT2D eigenvalue weighted by atomic mass is 10.2. The molecular weight excluding hydrogens is 270 g/mol. The maximum atomic E-state index is 12.1. The van der Waals surface area contributed by atoms with Crippen LogP contribution in [-0.2, 0) is 17.1 Å². The summed E-state index contributed by atoms with van der Waals surface area (Å²) in [7, 11) is -2.01. The molecule has 0 unspecified atom stereocenters. The van der Waals surface area contributed by atoms with E-state index in [9.17, 15) is 13.2 Å². The Bertz CT molecular complexity index is 786. The van der Waals surface area contributed by atoms with Crippen LogP contribution < -0.4 is 15.8 Å². The third-order valence-corrected chi connectivity index (χ3v) is 4.70. The lowest BCUT2D eigenvalue weighted by molar-refractivity contribution is 0.410. The number of nitrogens with one attached hydrogen (secondary N) is 2. The van der Waals surface area contributed by atoms with Crippen molar-refractivity contribution in [3.05, 3.63) is 28.7 Å². The van der Waals surface area contributed by atoms with Crippen LogP contribution in [0.4, 0.5) is 0 Å². The third kappa shape index (κ3) is 2.07. The Hall–Kier alpha value is -1.64. The largest absolute Gasteiger partial charge is 0.419 e. The first-order valence-corrected chi connectivity index (χ1v) is 7.28. The van der Waals surface area contributed by atoms with E-state index in [0.29, 0.717) is 18.6 Å². The number of aryl methyl sites for hydroxylation is 1. The van der Waals surface area contributed by atoms with Gasteiger partial charge >= 0.3 is 5.76 Å². The highest BCUT2D eigenvalue weighted by Gasteiger charge is 2.25. The molecule has 0 bridgehead atoms. The normalized spacial score (nSPS) is 16.7. The lowest BCUT2D eigenvalue weighted by Gasteiger charge is -2.27. The molecule has 8 heteroatoms. The number of benzene rings is 1. The van der Waals surface area contributed by atoms with Crippen LogP contribution >= 0.6 is 0 Å². The summed E-state index contributed by atoms with van der Waals surface area (Å²) in [5.74, 6) is -0.513. The molecule has 0 aliphatic carbocycles. The number of hydrogen-bond acceptors (Lipinski definition) is 5. The highest BCUT2D eigenvalue weighted by Crippen LogP contribution is 2.18. The molecule has 2 heterocycles. The average molecular weight is 283 g/mol. The minimum Gasteiger partial charge on any atom is -0.408 e. The molecule has 19 heavy (non-hydrogen) atoms. The number of nitrogens with zero attached hydrogens (tertiary/aromatic N) is 1. The van der Waals surface area contributed by atoms with Crippen LogP contribution in [-0.4, -0.2) is 32.1 Å². The van der Waals surface area contributed by atoms with Crippen LogP contribution in [0.3, 0.4) is 0 Å². The van der Waals surface area contributed by atoms with Crippen molar-refractivity contribution in [3.8, 4) is 0 Å². The molecule has 1 aliphatic heterocycles. The molecule has 0 atom stereocenters. The zero-order chi connectivity index (χ0) is 13.6. The van der Waals surface area contributed by atoms with Crippen LogP contribution in [0.15, 0.2) is 32.3 Å². The number of hydrogen-bond donors (Lipinski definition) is 2. The fraction of sp³-hybridized carbons (Fsp3) is 0.364. The van der Waals surface area contributed by atoms with Crippen molar-refractivity contribution < 1.29 is 12.8 Å². The predicted molar refractivity (Wildman–Crippen MR) is 68.4 cm³/mol. The SMILES string of the molecule is Cn1c(=O)oc2cc(S(=O)(=O)NC3CNC3)ccc21. The number of oxazole rings is 1. The maximum absolute atomic E-state index is 12.1. The van der Waals surface area contributed by atoms with Gasteiger partial charge < -0.3 is 9.73 Å². The summed E-state index contributed by atoms with van der Waals surface area (Å²) in [6.07, 6.45) is 0. The van der Waals surface area contributed by atoms with E-state index in [2.05, 4.69) is 10.0 Å². The Morgan fingerprint density at radius 3 is 2.79 bits per heavy atom. The van der Waals surface area contributed by atoms with Gasteiger partial charge in [0.15, 0.2) is 5.58 Å². The molecule has 2 N–H and O–H groups in total. The summed E-state index contributed by atoms with van der Waals surface area (Å²) >= 11 is 0. The summed E-state index contributed by atoms with van der Waals surface area (Å²) in [4.78, 5) is 11.5. The van der Waals surface area contributed by atoms with Gasteiger partial charge in [0.1, 0.15) is 0 Å². The van der Waals surface area contributed by atoms with E-state index in [1.54, 1.807) is 13.1 Å². The van der Waals surface area contributed by atoms with Crippen LogP contribution in [0, 0.1) is 0 Å². The van der Waals surface area contributed by atoms with E-state index in [4.69, 9.17) is 4.42 Å². The summed E-state index contributed by atoms with van der Waals surface area (Å²) < 4.78 is 33.1. The Morgan fingerprint density at radius 2 is 2.16 bits per heavy atom. The molecule has 2 aromatic rings. The van der Waals surface area contributed by atoms with E-state index in [0.717, 1.165) is 0 Å². The fourth-order valence-corrected chi connectivity index (χ4v) is 3.19. The van der Waals surface area contributed by atoms with Gasteiger partial charge in [0.05, 0.1) is 10.4 Å². The standard InChI is InChI=1S/C11H13N3O4S/c1-14-9-3-2-8(4-10(9)18-11(14)15)19(16,17)13-7-5-12-6-7/h2-4,7,12-13H,5-6H2,1H3. The van der Waals surface area contributed by atoms with Gasteiger partial charge in [0, 0.05) is 32.2 Å². The van der Waals surface area contributed by atoms with Crippen LogP contribution in [0.5, 0.6) is 0 Å². The fourth-order valence-electron chi connectivity index (χ4n) is 1.94. The Kier molecular flexibility index (Phi) is 2.73. The van der Waals surface area contributed by atoms with Crippen molar-refractivity contribution in [3.63, 3.8) is 0 Å². The van der Waals surface area contributed by atoms with Crippen LogP contribution in [0.1, 0.15) is 0 Å². The highest BCUT2D eigenvalue weighted by atomic mass is 32.2. The van der Waals surface area contributed by atoms with Gasteiger partial charge in [0.25, 0.3) is 0 Å². The van der Waals surface area contributed by atoms with Crippen LogP contribution in [0.25, 0.3) is 11.1 Å². The molecule has 1 aliphatic rings. The van der Waals surface area contributed by atoms with E-state index in [-0.39, 0.29) is 16.5 Å². The third-order valence-electron chi connectivity index (χ3n) is 3.18. The minimum absolute atomic E-state index is 0.0801. The average Bonchev–Trinajstić information content (AvgIpc) is 2.60. The quantitative estimate of drug-likeness (QED) is 0.783. The van der Waals surface area contributed by atoms with Crippen molar-refractivity contribution in [1.82, 2.24) is 14.6 Å². The smallest absolute Gasteiger partial charge is 0.408 e. The first kappa shape index (κ1) is 12.4. The van der Waals surface area contributed by atoms with E-state index in [1.165, 1.54) is 16.7 Å². The number of aromatic nitrogens is 1. The molecule has 7 nitrogen and oxygen atoms in total. The van der Waals surface area contributed by atoms with Gasteiger partial charge in [-0.25, -0.2) is 17.9 Å². The van der Waals surface area contributed by atoms with Crippen molar-refractivity contribution in [2.75, 3.05) is 13.1 Å². The predicted octanol–water partition coefficient (Wildman–Crippen LogP) is -0.618. The van der Waals surface area contributed by atoms with Crippen molar-refractivity contribution in [2.45, 2.75) is 10.9 Å². The van der Waals surface area contributed by atoms with Crippen molar-refractivity contribution in [2.24, 2.45) is 7.05 Å². The van der Waals surface area contributed by atoms with Gasteiger partial charge in [-0.05, 0) is 12.1 Å². The molecule has 3 rings (SSSR count). The molecule has 0 radical (unpaired) electrons. The van der Waals surface area contributed by atoms with Crippen molar-refractivity contribution >= 4 is 21.1 Å². The summed E-state index contributed by atoms with van der Waals surface area (Å²) in [5.41, 5.74) is 0.830. The van der Waals surface area contributed by atoms with Gasteiger partial charge in [-0.1, -0.05) is 0 Å². The Labute approximate surface area is 109 Å². The minimum atomic E-state index is -3.58. The Morgan fingerprint density at radius 1 is 1.42 bits per heavy atom. The second kappa shape index (κ2) is 4.19. The molecular formula is C11H13N3O4S. The molecule has 0 amide bonds. The van der Waals surface area contributed by atoms with E-state index >= 15 is 0 Å². The molecule has 1 fully saturated rings. The first-order chi connectivity index (χ1) is 8.97. The van der Waals surface area contributed by atoms with Crippen molar-refractivity contribution in [1.29, 1.82) is 0 Å². The molecule has 102 valence electrons. The van der Waals surface area contributed by atoms with Gasteiger partial charge in [0.2, 0.25) is 10.0 Å². The second-order valence-electron chi connectivity index (χ2n) is 4.53. The summed E-state index contributed by atoms with van der Waals surface area (Å²) in [6, 6.07) is 4.31. The number of fused-ring (bicyclic) bond motifs is 1. The first-order valence-electron chi connectivity index (χ1n) is 5.80. The zero-order valence-corrected chi connectivity index (χ0v) is 11.0. The summed E-state index contributed by atoms with van der Waals surface area (Å²) in [5, 5.41) is 2.99. The molecule has 1 saturated heterocycles. The topological polar surface area (TPSA) is 93.3 Å².